The Morgan fingerprint density at radius 3 is 2.80 bits per heavy atom. The number of morpholine rings is 1. The number of H-pyrrole nitrogens is 1. The maximum Gasteiger partial charge on any atom is 0.320 e. The van der Waals surface area contributed by atoms with Crippen molar-refractivity contribution in [1.29, 1.82) is 0 Å². The summed E-state index contributed by atoms with van der Waals surface area (Å²) >= 11 is 1.64. The molecule has 2 amide bonds. The first-order valence-electron chi connectivity index (χ1n) is 12.0. The van der Waals surface area contributed by atoms with E-state index in [0.717, 1.165) is 44.7 Å². The van der Waals surface area contributed by atoms with Crippen LogP contribution in [0.3, 0.4) is 0 Å². The van der Waals surface area contributed by atoms with E-state index < -0.39 is 0 Å². The van der Waals surface area contributed by atoms with Crippen molar-refractivity contribution in [3.8, 4) is 0 Å². The number of rotatable bonds is 3. The summed E-state index contributed by atoms with van der Waals surface area (Å²) in [4.78, 5) is 29.3. The molecule has 8 nitrogen and oxygen atoms in total. The Balaban J connectivity index is 1.19. The molecular weight excluding hydrogens is 460 g/mol. The third-order valence-corrected chi connectivity index (χ3v) is 7.45. The van der Waals surface area contributed by atoms with Crippen LogP contribution in [0.4, 0.5) is 16.2 Å². The molecule has 2 aliphatic rings. The highest BCUT2D eigenvalue weighted by atomic mass is 32.1. The van der Waals surface area contributed by atoms with Crippen LogP contribution in [-0.2, 0) is 4.74 Å². The van der Waals surface area contributed by atoms with Gasteiger partial charge in [0, 0.05) is 49.1 Å². The van der Waals surface area contributed by atoms with E-state index in [9.17, 15) is 4.79 Å². The van der Waals surface area contributed by atoms with E-state index in [1.165, 1.54) is 5.57 Å². The Kier molecular flexibility index (Phi) is 5.66. The zero-order valence-electron chi connectivity index (χ0n) is 19.8. The number of carbonyl (C=O) groups excluding carboxylic acids is 1. The van der Waals surface area contributed by atoms with Gasteiger partial charge < -0.3 is 24.8 Å². The van der Waals surface area contributed by atoms with Crippen LogP contribution in [0.25, 0.3) is 26.8 Å². The van der Waals surface area contributed by atoms with Crippen molar-refractivity contribution in [3.05, 3.63) is 53.8 Å². The molecule has 2 aliphatic heterocycles. The van der Waals surface area contributed by atoms with Crippen LogP contribution in [0.5, 0.6) is 0 Å². The zero-order valence-corrected chi connectivity index (χ0v) is 20.6. The predicted octanol–water partition coefficient (Wildman–Crippen LogP) is 5.23. The molecule has 1 saturated heterocycles. The fourth-order valence-electron chi connectivity index (χ4n) is 5.02. The van der Waals surface area contributed by atoms with E-state index in [4.69, 9.17) is 4.74 Å². The molecule has 35 heavy (non-hydrogen) atoms. The van der Waals surface area contributed by atoms with E-state index in [1.54, 1.807) is 11.3 Å². The van der Waals surface area contributed by atoms with Gasteiger partial charge in [-0.2, -0.15) is 0 Å². The molecule has 1 fully saturated rings. The number of carbonyl (C=O) groups is 1. The van der Waals surface area contributed by atoms with Gasteiger partial charge in [-0.1, -0.05) is 6.08 Å². The lowest BCUT2D eigenvalue weighted by atomic mass is 10.0. The highest BCUT2D eigenvalue weighted by Crippen LogP contribution is 2.31. The first-order valence-corrected chi connectivity index (χ1v) is 12.9. The molecule has 9 heteroatoms. The van der Waals surface area contributed by atoms with Crippen molar-refractivity contribution in [2.24, 2.45) is 0 Å². The number of urea groups is 1. The number of pyridine rings is 1. The molecule has 0 saturated carbocycles. The Hall–Kier alpha value is -3.43. The molecule has 0 unspecified atom stereocenters. The summed E-state index contributed by atoms with van der Waals surface area (Å²) in [5.74, 6) is 0. The summed E-state index contributed by atoms with van der Waals surface area (Å²) in [5.41, 5.74) is 8.03. The summed E-state index contributed by atoms with van der Waals surface area (Å²) in [5, 5.41) is 4.59. The van der Waals surface area contributed by atoms with E-state index in [1.807, 2.05) is 53.6 Å². The topological polar surface area (TPSA) is 86.4 Å². The number of aromatic nitrogens is 3. The number of anilines is 2. The van der Waals surface area contributed by atoms with Crippen LogP contribution in [0.15, 0.2) is 48.1 Å². The largest absolute Gasteiger partial charge is 0.372 e. The standard InChI is InChI=1S/C26H28N6O2S/c1-16-13-32(14-17(2)34-16)26(33)31-9-6-18(7-10-31)23-12-20-21(5-8-27-25(20)30-23)29-19-3-4-22-24(11-19)35-15-28-22/h3-6,8,11-12,15-17H,7,9-10,13-14H2,1-2H3,(H2,27,29,30)/t16-,17+. The van der Waals surface area contributed by atoms with Crippen molar-refractivity contribution in [3.63, 3.8) is 0 Å². The molecule has 0 spiro atoms. The maximum absolute atomic E-state index is 13.0. The van der Waals surface area contributed by atoms with Gasteiger partial charge in [0.2, 0.25) is 0 Å². The van der Waals surface area contributed by atoms with Gasteiger partial charge in [0.25, 0.3) is 0 Å². The Labute approximate surface area is 207 Å². The van der Waals surface area contributed by atoms with Gasteiger partial charge in [-0.3, -0.25) is 0 Å². The highest BCUT2D eigenvalue weighted by molar-refractivity contribution is 7.16. The SMILES string of the molecule is C[C@@H]1CN(C(=O)N2CC=C(c3cc4c(Nc5ccc6ncsc6c5)ccnc4[nH]3)CC2)C[C@H](C)O1. The van der Waals surface area contributed by atoms with Crippen LogP contribution in [0.2, 0.25) is 0 Å². The lowest BCUT2D eigenvalue weighted by Crippen LogP contribution is -2.53. The van der Waals surface area contributed by atoms with Crippen LogP contribution in [0, 0.1) is 0 Å². The zero-order chi connectivity index (χ0) is 23.9. The summed E-state index contributed by atoms with van der Waals surface area (Å²) in [6.07, 6.45) is 4.92. The average Bonchev–Trinajstić information content (AvgIpc) is 3.50. The van der Waals surface area contributed by atoms with Gasteiger partial charge in [-0.25, -0.2) is 14.8 Å². The number of nitrogens with one attached hydrogen (secondary N) is 2. The lowest BCUT2D eigenvalue weighted by molar-refractivity contribution is -0.0579. The quantitative estimate of drug-likeness (QED) is 0.412. The molecule has 5 heterocycles. The second-order valence-corrected chi connectivity index (χ2v) is 10.2. The number of hydrogen-bond acceptors (Lipinski definition) is 6. The molecule has 0 radical (unpaired) electrons. The van der Waals surface area contributed by atoms with Gasteiger partial charge >= 0.3 is 6.03 Å². The molecule has 4 aromatic rings. The van der Waals surface area contributed by atoms with E-state index in [0.29, 0.717) is 26.2 Å². The smallest absolute Gasteiger partial charge is 0.320 e. The molecular formula is C26H28N6O2S. The Morgan fingerprint density at radius 2 is 2.00 bits per heavy atom. The number of hydrogen-bond donors (Lipinski definition) is 2. The van der Waals surface area contributed by atoms with Crippen molar-refractivity contribution < 1.29 is 9.53 Å². The molecule has 2 N–H and O–H groups in total. The lowest BCUT2D eigenvalue weighted by Gasteiger charge is -2.39. The fraction of sp³-hybridized carbons (Fsp3) is 0.346. The summed E-state index contributed by atoms with van der Waals surface area (Å²) in [6.45, 7) is 6.65. The van der Waals surface area contributed by atoms with E-state index >= 15 is 0 Å². The number of thiazole rings is 1. The Morgan fingerprint density at radius 1 is 1.14 bits per heavy atom. The third-order valence-electron chi connectivity index (χ3n) is 6.66. The number of benzene rings is 1. The second kappa shape index (κ2) is 8.98. The van der Waals surface area contributed by atoms with Crippen molar-refractivity contribution in [2.75, 3.05) is 31.5 Å². The Bertz CT molecular complexity index is 1420. The first-order chi connectivity index (χ1) is 17.0. The van der Waals surface area contributed by atoms with Crippen LogP contribution < -0.4 is 5.32 Å². The number of fused-ring (bicyclic) bond motifs is 2. The molecule has 2 atom stereocenters. The second-order valence-electron chi connectivity index (χ2n) is 9.33. The molecule has 3 aromatic heterocycles. The minimum atomic E-state index is 0.0733. The number of nitrogens with zero attached hydrogens (tertiary/aromatic N) is 4. The number of aromatic amines is 1. The van der Waals surface area contributed by atoms with Gasteiger partial charge in [0.1, 0.15) is 5.65 Å². The van der Waals surface area contributed by atoms with Crippen LogP contribution in [-0.4, -0.2) is 69.2 Å². The van der Waals surface area contributed by atoms with Crippen molar-refractivity contribution >= 4 is 55.6 Å². The van der Waals surface area contributed by atoms with Crippen molar-refractivity contribution in [1.82, 2.24) is 24.8 Å². The van der Waals surface area contributed by atoms with Gasteiger partial charge in [-0.15, -0.1) is 11.3 Å². The monoisotopic (exact) mass is 488 g/mol. The minimum Gasteiger partial charge on any atom is -0.372 e. The molecule has 0 bridgehead atoms. The van der Waals surface area contributed by atoms with Gasteiger partial charge in [0.05, 0.1) is 33.6 Å². The minimum absolute atomic E-state index is 0.0733. The summed E-state index contributed by atoms with van der Waals surface area (Å²) in [7, 11) is 0. The first kappa shape index (κ1) is 22.1. The van der Waals surface area contributed by atoms with Crippen molar-refractivity contribution in [2.45, 2.75) is 32.5 Å². The normalized spacial score (nSPS) is 20.9. The van der Waals surface area contributed by atoms with E-state index in [-0.39, 0.29) is 18.2 Å². The van der Waals surface area contributed by atoms with Crippen LogP contribution in [0.1, 0.15) is 26.0 Å². The molecule has 1 aromatic carbocycles. The van der Waals surface area contributed by atoms with E-state index in [2.05, 4.69) is 38.5 Å². The van der Waals surface area contributed by atoms with Gasteiger partial charge in [-0.05, 0) is 56.2 Å². The van der Waals surface area contributed by atoms with Crippen LogP contribution >= 0.6 is 11.3 Å². The molecule has 0 aliphatic carbocycles. The molecule has 6 rings (SSSR count). The summed E-state index contributed by atoms with van der Waals surface area (Å²) in [6, 6.07) is 10.5. The van der Waals surface area contributed by atoms with Gasteiger partial charge in [0.15, 0.2) is 0 Å². The maximum atomic E-state index is 13.0. The average molecular weight is 489 g/mol. The highest BCUT2D eigenvalue weighted by Gasteiger charge is 2.30. The third kappa shape index (κ3) is 4.37. The predicted molar refractivity (Wildman–Crippen MR) is 140 cm³/mol. The number of amides is 2. The number of ether oxygens (including phenoxy) is 1. The summed E-state index contributed by atoms with van der Waals surface area (Å²) < 4.78 is 6.93. The molecule has 180 valence electrons. The fourth-order valence-corrected chi connectivity index (χ4v) is 5.74.